The molecule has 4 bridgehead atoms. The molecule has 111 heavy (non-hydrogen) atoms. The number of piperazine rings is 6. The Morgan fingerprint density at radius 1 is 0.252 bits per heavy atom. The number of imide groups is 1. The molecule has 0 N–H and O–H groups in total. The Morgan fingerprint density at radius 2 is 0.541 bits per heavy atom. The molecule has 648 valence electrons. The van der Waals surface area contributed by atoms with E-state index in [4.69, 9.17) is 0 Å². The molecule has 11 heterocycles. The summed E-state index contributed by atoms with van der Waals surface area (Å²) in [5, 5.41) is 0. The Labute approximate surface area is 683 Å². The fraction of sp³-hybridized carbons (Fsp3) is 0.912. The van der Waals surface area contributed by atoms with E-state index >= 15 is 0 Å². The van der Waals surface area contributed by atoms with Gasteiger partial charge in [0.2, 0.25) is 23.6 Å². The van der Waals surface area contributed by atoms with Crippen molar-refractivity contribution in [1.29, 1.82) is 0 Å². The summed E-state index contributed by atoms with van der Waals surface area (Å²) in [4.78, 5) is 103. The van der Waals surface area contributed by atoms with Gasteiger partial charge in [-0.2, -0.15) is 0 Å². The van der Waals surface area contributed by atoms with Crippen LogP contribution in [0.3, 0.4) is 0 Å². The van der Waals surface area contributed by atoms with Crippen LogP contribution in [0.4, 0.5) is 0 Å². The van der Waals surface area contributed by atoms with Gasteiger partial charge in [0.05, 0.1) is 26.2 Å². The molecule has 0 aromatic heterocycles. The zero-order valence-electron chi connectivity index (χ0n) is 80.8. The first-order valence-corrected chi connectivity index (χ1v) is 42.9. The lowest BCUT2D eigenvalue weighted by Gasteiger charge is -2.59. The fourth-order valence-corrected chi connectivity index (χ4v) is 17.5. The molecule has 6 atom stereocenters. The molecule has 20 heteroatoms. The minimum Gasteiger partial charge on any atom is -0.362 e. The van der Waals surface area contributed by atoms with Gasteiger partial charge in [0, 0.05) is 192 Å². The van der Waals surface area contributed by atoms with E-state index in [0.717, 1.165) is 37.3 Å². The minimum atomic E-state index is -0.419. The highest BCUT2D eigenvalue weighted by Gasteiger charge is 2.49. The van der Waals surface area contributed by atoms with Crippen LogP contribution in [0.2, 0.25) is 0 Å². The maximum absolute atomic E-state index is 12.0. The maximum Gasteiger partial charge on any atom is 0.312 e. The number of carbonyl (C=O) groups excluding carboxylic acids is 6. The Bertz CT molecular complexity index is 2900. The molecule has 4 unspecified atom stereocenters. The topological polar surface area (TPSA) is 148 Å². The third kappa shape index (κ3) is 29.4. The van der Waals surface area contributed by atoms with Crippen molar-refractivity contribution in [2.24, 2.45) is 0 Å². The van der Waals surface area contributed by atoms with E-state index < -0.39 is 5.54 Å². The van der Waals surface area contributed by atoms with Crippen LogP contribution in [0.1, 0.15) is 337 Å². The molecule has 10 fully saturated rings. The highest BCUT2D eigenvalue weighted by Crippen LogP contribution is 2.39. The van der Waals surface area contributed by atoms with Crippen molar-refractivity contribution in [3.05, 3.63) is 12.4 Å². The molecule has 11 rings (SSSR count). The number of carbonyl (C=O) groups is 6. The molecular weight excluding hydrogens is 1390 g/mol. The zero-order chi connectivity index (χ0) is 86.9. The average Bonchev–Trinajstić information content (AvgIpc) is 1.76. The highest BCUT2D eigenvalue weighted by atomic mass is 16.2. The summed E-state index contributed by atoms with van der Waals surface area (Å²) in [5.74, 6) is -0.539. The number of nitrogens with zero attached hydrogens (tertiary/aromatic N) is 14. The second-order valence-corrected chi connectivity index (χ2v) is 47.7. The number of hydrogen-bond donors (Lipinski definition) is 0. The predicted octanol–water partition coefficient (Wildman–Crippen LogP) is 15.3. The molecular formula is C91H178N14O6. The Balaban J connectivity index is 0.000000336. The van der Waals surface area contributed by atoms with Gasteiger partial charge in [0.25, 0.3) is 0 Å². The van der Waals surface area contributed by atoms with Crippen molar-refractivity contribution in [3.63, 3.8) is 0 Å². The summed E-state index contributed by atoms with van der Waals surface area (Å²) < 4.78 is 0. The molecule has 0 aliphatic carbocycles. The zero-order valence-corrected chi connectivity index (χ0v) is 80.8. The number of hydrogen-bond acceptors (Lipinski definition) is 15. The lowest BCUT2D eigenvalue weighted by molar-refractivity contribution is -0.163. The van der Waals surface area contributed by atoms with Crippen LogP contribution in [0.25, 0.3) is 0 Å². The van der Waals surface area contributed by atoms with Crippen LogP contribution in [0.5, 0.6) is 0 Å². The SMILES string of the molecule is CC(C)(C)N1C=CN(C(C)(C)C)C(=O)C1.CC(C)(C)N1CC(=O)N(C(C)(C)C)C(=O)C1.CC(C)(C)N1CC2CCC1CN2C(C)(C)C.CC(C)(C)N1CC2CCCC1CN2C(C)(C)C.CC(C)(C)N1CCN(C(C)(C)C)C(=O)C1.CC(C)(C)N1CCN(C(C)(C)C)C(=O)C1=O.C[C@@H]1CN(C(C)(C)C)[C@@H](C)CN1C(C)(C)C. The Hall–Kier alpha value is -3.76. The average molecular weight is 1560 g/mol. The second kappa shape index (κ2) is 36.6. The minimum absolute atomic E-state index is 0.0101. The maximum atomic E-state index is 12.0. The number of fused-ring (bicyclic) bond motifs is 7. The molecule has 6 amide bonds. The van der Waals surface area contributed by atoms with Gasteiger partial charge in [-0.1, -0.05) is 6.42 Å². The number of amides is 6. The van der Waals surface area contributed by atoms with E-state index in [1.165, 1.54) is 76.3 Å². The van der Waals surface area contributed by atoms with Crippen LogP contribution >= 0.6 is 0 Å². The summed E-state index contributed by atoms with van der Waals surface area (Å²) in [6.45, 7) is 108. The highest BCUT2D eigenvalue weighted by molar-refractivity contribution is 6.35. The van der Waals surface area contributed by atoms with Gasteiger partial charge >= 0.3 is 11.8 Å². The third-order valence-electron chi connectivity index (χ3n) is 23.6. The van der Waals surface area contributed by atoms with Crippen LogP contribution in [0.15, 0.2) is 12.4 Å². The van der Waals surface area contributed by atoms with Gasteiger partial charge in [-0.05, 0) is 330 Å². The van der Waals surface area contributed by atoms with Crippen LogP contribution in [0, 0.1) is 0 Å². The second-order valence-electron chi connectivity index (χ2n) is 47.7. The molecule has 0 aromatic rings. The Morgan fingerprint density at radius 3 is 0.775 bits per heavy atom. The lowest BCUT2D eigenvalue weighted by Crippen LogP contribution is -2.69. The molecule has 11 aliphatic heterocycles. The molecule has 0 radical (unpaired) electrons. The number of piperidine rings is 2. The summed E-state index contributed by atoms with van der Waals surface area (Å²) in [6.07, 6.45) is 10.9. The van der Waals surface area contributed by atoms with Crippen molar-refractivity contribution in [3.8, 4) is 0 Å². The monoisotopic (exact) mass is 1560 g/mol. The van der Waals surface area contributed by atoms with Crippen molar-refractivity contribution < 1.29 is 28.8 Å². The molecule has 0 spiro atoms. The van der Waals surface area contributed by atoms with Crippen LogP contribution in [-0.2, 0) is 28.8 Å². The third-order valence-corrected chi connectivity index (χ3v) is 23.6. The van der Waals surface area contributed by atoms with Gasteiger partial charge in [-0.3, -0.25) is 72.9 Å². The Kier molecular flexibility index (Phi) is 33.5. The molecule has 20 nitrogen and oxygen atoms in total. The normalized spacial score (nSPS) is 25.4. The van der Waals surface area contributed by atoms with E-state index in [1.807, 2.05) is 126 Å². The summed E-state index contributed by atoms with van der Waals surface area (Å²) in [7, 11) is 0. The van der Waals surface area contributed by atoms with Gasteiger partial charge in [-0.15, -0.1) is 0 Å². The smallest absolute Gasteiger partial charge is 0.312 e. The molecule has 11 aliphatic rings. The van der Waals surface area contributed by atoms with Crippen molar-refractivity contribution >= 4 is 35.4 Å². The first kappa shape index (κ1) is 101. The van der Waals surface area contributed by atoms with E-state index in [2.05, 4.69) is 240 Å². The summed E-state index contributed by atoms with van der Waals surface area (Å²) in [6, 6.07) is 4.40. The first-order valence-electron chi connectivity index (χ1n) is 42.9. The van der Waals surface area contributed by atoms with Crippen molar-refractivity contribution in [2.45, 2.75) is 451 Å². The standard InChI is InChI=1S/C15H30N2.C14H28N2.C14H30N2.2C12H22N2O2.C12H24N2O.C12H22N2O/c1-14(2,3)16-10-13-9-7-8-12(16)11-17(13)15(4,5)6;1-13(2,3)15-9-12-8-7-11(15)10-16(12)14(4,5)6;1-11-9-16(14(6,7)8)12(2)10-15(11)13(3,4)5;1-11(2,3)13-7-9(15)14(10(16)8-13)12(4,5)6;1-11(2,3)13-7-8-14(12(4,5)6)10(16)9(13)15;2*1-11(2,3)13-7-8-14(10(15)9-13)12(4,5)6/h12-13H,7-11H2,1-6H3;11-12H,7-10H2,1-6H3;11-12H,9-10H2,1-8H3;2*7-8H2,1-6H3;7-9H2,1-6H3;7-8H,9H2,1-6H3/t;;11-,12+;;;;. The van der Waals surface area contributed by atoms with Crippen LogP contribution < -0.4 is 0 Å². The van der Waals surface area contributed by atoms with E-state index in [-0.39, 0.29) is 85.3 Å². The fourth-order valence-electron chi connectivity index (χ4n) is 17.5. The molecule has 0 aromatic carbocycles. The van der Waals surface area contributed by atoms with E-state index in [0.29, 0.717) is 73.5 Å². The quantitative estimate of drug-likeness (QED) is 0.167. The van der Waals surface area contributed by atoms with E-state index in [1.54, 1.807) is 14.7 Å². The van der Waals surface area contributed by atoms with Crippen molar-refractivity contribution in [1.82, 2.24) is 68.6 Å². The van der Waals surface area contributed by atoms with E-state index in [9.17, 15) is 28.8 Å². The van der Waals surface area contributed by atoms with Gasteiger partial charge in [0.15, 0.2) is 0 Å². The largest absolute Gasteiger partial charge is 0.362 e. The first-order chi connectivity index (χ1) is 49.2. The van der Waals surface area contributed by atoms with Gasteiger partial charge in [0.1, 0.15) is 0 Å². The van der Waals surface area contributed by atoms with Gasteiger partial charge in [-0.25, -0.2) is 0 Å². The number of rotatable bonds is 0. The predicted molar refractivity (Wildman–Crippen MR) is 467 cm³/mol. The van der Waals surface area contributed by atoms with Crippen LogP contribution in [-0.4, -0.2) is 309 Å². The van der Waals surface area contributed by atoms with Gasteiger partial charge < -0.3 is 24.5 Å². The summed E-state index contributed by atoms with van der Waals surface area (Å²) in [5.41, 5.74) is 0.736. The van der Waals surface area contributed by atoms with Crippen molar-refractivity contribution in [2.75, 3.05) is 91.6 Å². The molecule has 10 saturated heterocycles. The molecule has 0 saturated carbocycles. The summed E-state index contributed by atoms with van der Waals surface area (Å²) >= 11 is 0. The lowest BCUT2D eigenvalue weighted by atomic mass is 9.84.